The van der Waals surface area contributed by atoms with Gasteiger partial charge in [-0.3, -0.25) is 9.47 Å². The molecule has 4 nitrogen and oxygen atoms in total. The molecule has 0 heterocycles. The summed E-state index contributed by atoms with van der Waals surface area (Å²) in [6, 6.07) is 0. The summed E-state index contributed by atoms with van der Waals surface area (Å²) < 4.78 is 81.3. The molecular weight excluding hydrogens is 286 g/mol. The summed E-state index contributed by atoms with van der Waals surface area (Å²) in [6.45, 7) is 1.66. The van der Waals surface area contributed by atoms with E-state index in [0.717, 1.165) is 0 Å². The van der Waals surface area contributed by atoms with Crippen LogP contribution in [0.4, 0.5) is 26.3 Å². The number of carbonyl (C=O) groups is 1. The van der Waals surface area contributed by atoms with E-state index in [1.807, 2.05) is 0 Å². The molecule has 112 valence electrons. The lowest BCUT2D eigenvalue weighted by molar-refractivity contribution is -0.347. The van der Waals surface area contributed by atoms with E-state index in [1.165, 1.54) is 6.92 Å². The minimum atomic E-state index is -5.06. The first-order chi connectivity index (χ1) is 8.41. The molecule has 0 bridgehead atoms. The number of alkyl halides is 6. The van der Waals surface area contributed by atoms with Gasteiger partial charge in [-0.25, -0.2) is 4.79 Å². The van der Waals surface area contributed by atoms with E-state index in [1.54, 1.807) is 0 Å². The Morgan fingerprint density at radius 1 is 1.05 bits per heavy atom. The molecule has 0 unspecified atom stereocenters. The summed E-state index contributed by atoms with van der Waals surface area (Å²) in [5.74, 6) is -1.15. The Kier molecular flexibility index (Phi) is 6.30. The highest BCUT2D eigenvalue weighted by molar-refractivity contribution is 5.87. The van der Waals surface area contributed by atoms with Gasteiger partial charge in [0.2, 0.25) is 0 Å². The second-order valence-corrected chi connectivity index (χ2v) is 3.32. The molecule has 0 aliphatic carbocycles. The first kappa shape index (κ1) is 17.7. The molecule has 19 heavy (non-hydrogen) atoms. The van der Waals surface area contributed by atoms with Crippen LogP contribution in [-0.2, 0) is 19.0 Å². The predicted octanol–water partition coefficient (Wildman–Crippen LogP) is 2.55. The number of hydrogen-bond acceptors (Lipinski definition) is 4. The molecule has 0 aromatic heterocycles. The van der Waals surface area contributed by atoms with Crippen LogP contribution < -0.4 is 0 Å². The third kappa shape index (κ3) is 10.3. The van der Waals surface area contributed by atoms with Gasteiger partial charge in [0.1, 0.15) is 6.10 Å². The van der Waals surface area contributed by atoms with Gasteiger partial charge in [-0.05, 0) is 6.92 Å². The monoisotopic (exact) mass is 296 g/mol. The van der Waals surface area contributed by atoms with Crippen LogP contribution in [0, 0.1) is 0 Å². The first-order valence-corrected chi connectivity index (χ1v) is 4.68. The first-order valence-electron chi connectivity index (χ1n) is 4.68. The minimum Gasteiger partial charge on any atom is -0.454 e. The number of carbonyl (C=O) groups excluding carboxylic acids is 1. The number of halogens is 6. The van der Waals surface area contributed by atoms with Gasteiger partial charge in [0.05, 0.1) is 13.2 Å². The van der Waals surface area contributed by atoms with E-state index in [9.17, 15) is 31.1 Å². The van der Waals surface area contributed by atoms with Crippen molar-refractivity contribution in [1.29, 1.82) is 0 Å². The molecule has 0 radical (unpaired) electrons. The van der Waals surface area contributed by atoms with Gasteiger partial charge in [-0.2, -0.15) is 0 Å². The summed E-state index contributed by atoms with van der Waals surface area (Å²) in [5.41, 5.74) is -0.191. The highest BCUT2D eigenvalue weighted by Gasteiger charge is 2.34. The zero-order chi connectivity index (χ0) is 15.3. The van der Waals surface area contributed by atoms with Crippen LogP contribution in [-0.4, -0.2) is 38.0 Å². The third-order valence-corrected chi connectivity index (χ3v) is 1.49. The molecule has 10 heteroatoms. The van der Waals surface area contributed by atoms with E-state index >= 15 is 0 Å². The summed E-state index contributed by atoms with van der Waals surface area (Å²) >= 11 is 0. The largest absolute Gasteiger partial charge is 0.522 e. The van der Waals surface area contributed by atoms with Crippen LogP contribution in [0.15, 0.2) is 12.2 Å². The fourth-order valence-corrected chi connectivity index (χ4v) is 0.743. The number of ether oxygens (including phenoxy) is 3. The van der Waals surface area contributed by atoms with Crippen LogP contribution in [0.5, 0.6) is 0 Å². The molecule has 0 atom stereocenters. The number of hydrogen-bond donors (Lipinski definition) is 0. The van der Waals surface area contributed by atoms with Crippen LogP contribution in [0.2, 0.25) is 0 Å². The normalized spacial score (nSPS) is 12.6. The third-order valence-electron chi connectivity index (χ3n) is 1.49. The van der Waals surface area contributed by atoms with E-state index in [4.69, 9.17) is 0 Å². The lowest BCUT2D eigenvalue weighted by atomic mass is 10.3. The van der Waals surface area contributed by atoms with Crippen molar-refractivity contribution in [2.45, 2.75) is 25.8 Å². The maximum atomic E-state index is 11.7. The molecule has 0 saturated heterocycles. The quantitative estimate of drug-likeness (QED) is 0.429. The minimum absolute atomic E-state index is 0.191. The summed E-state index contributed by atoms with van der Waals surface area (Å²) in [6.07, 6.45) is -12.0. The van der Waals surface area contributed by atoms with Gasteiger partial charge in [0.15, 0.2) is 0 Å². The number of rotatable bonds is 6. The Balaban J connectivity index is 4.46. The van der Waals surface area contributed by atoms with Crippen molar-refractivity contribution >= 4 is 5.97 Å². The Morgan fingerprint density at radius 3 is 1.68 bits per heavy atom. The Hall–Kier alpha value is -1.29. The maximum absolute atomic E-state index is 11.7. The van der Waals surface area contributed by atoms with Crippen LogP contribution >= 0.6 is 0 Å². The molecule has 0 amide bonds. The van der Waals surface area contributed by atoms with Crippen molar-refractivity contribution in [1.82, 2.24) is 0 Å². The summed E-state index contributed by atoms with van der Waals surface area (Å²) in [7, 11) is 0. The van der Waals surface area contributed by atoms with Crippen molar-refractivity contribution in [3.05, 3.63) is 12.2 Å². The van der Waals surface area contributed by atoms with Gasteiger partial charge in [0, 0.05) is 5.57 Å². The topological polar surface area (TPSA) is 44.8 Å². The molecule has 0 aromatic carbocycles. The van der Waals surface area contributed by atoms with E-state index in [-0.39, 0.29) is 5.57 Å². The highest BCUT2D eigenvalue weighted by Crippen LogP contribution is 2.20. The predicted molar refractivity (Wildman–Crippen MR) is 48.7 cm³/mol. The fourth-order valence-electron chi connectivity index (χ4n) is 0.743. The fraction of sp³-hybridized carbons (Fsp3) is 0.667. The SMILES string of the molecule is C=C(C)C(=O)OC(COC(F)(F)F)COC(F)(F)F. The average Bonchev–Trinajstić information content (AvgIpc) is 2.19. The lowest BCUT2D eigenvalue weighted by Crippen LogP contribution is -2.33. The Morgan fingerprint density at radius 2 is 1.42 bits per heavy atom. The zero-order valence-corrected chi connectivity index (χ0v) is 9.60. The second kappa shape index (κ2) is 6.75. The second-order valence-electron chi connectivity index (χ2n) is 3.32. The van der Waals surface area contributed by atoms with Gasteiger partial charge >= 0.3 is 18.7 Å². The van der Waals surface area contributed by atoms with Crippen molar-refractivity contribution in [2.24, 2.45) is 0 Å². The lowest BCUT2D eigenvalue weighted by Gasteiger charge is -2.19. The smallest absolute Gasteiger partial charge is 0.454 e. The van der Waals surface area contributed by atoms with Crippen molar-refractivity contribution in [3.63, 3.8) is 0 Å². The van der Waals surface area contributed by atoms with Gasteiger partial charge in [-0.15, -0.1) is 26.3 Å². The van der Waals surface area contributed by atoms with Gasteiger partial charge in [-0.1, -0.05) is 6.58 Å². The summed E-state index contributed by atoms with van der Waals surface area (Å²) in [4.78, 5) is 11.0. The van der Waals surface area contributed by atoms with Crippen molar-refractivity contribution in [3.8, 4) is 0 Å². The Labute approximate surface area is 103 Å². The molecule has 0 aliphatic heterocycles. The molecule has 0 N–H and O–H groups in total. The van der Waals surface area contributed by atoms with Crippen LogP contribution in [0.3, 0.4) is 0 Å². The standard InChI is InChI=1S/C9H10F6O4/c1-5(2)7(16)19-6(3-17-8(10,11)12)4-18-9(13,14)15/h6H,1,3-4H2,2H3. The van der Waals surface area contributed by atoms with Gasteiger partial charge < -0.3 is 4.74 Å². The van der Waals surface area contributed by atoms with E-state index in [2.05, 4.69) is 20.8 Å². The van der Waals surface area contributed by atoms with Crippen LogP contribution in [0.25, 0.3) is 0 Å². The van der Waals surface area contributed by atoms with Crippen molar-refractivity contribution < 1.29 is 45.3 Å². The van der Waals surface area contributed by atoms with E-state index < -0.39 is 38.0 Å². The molecule has 0 rings (SSSR count). The molecule has 0 aromatic rings. The number of esters is 1. The highest BCUT2D eigenvalue weighted by atomic mass is 19.4. The molecule has 0 aliphatic rings. The van der Waals surface area contributed by atoms with E-state index in [0.29, 0.717) is 0 Å². The molecular formula is C9H10F6O4. The molecule has 0 spiro atoms. The van der Waals surface area contributed by atoms with Crippen LogP contribution in [0.1, 0.15) is 6.92 Å². The molecule has 0 fully saturated rings. The van der Waals surface area contributed by atoms with Crippen molar-refractivity contribution in [2.75, 3.05) is 13.2 Å². The summed E-state index contributed by atoms with van der Waals surface area (Å²) in [5, 5.41) is 0. The zero-order valence-electron chi connectivity index (χ0n) is 9.60. The van der Waals surface area contributed by atoms with Gasteiger partial charge in [0.25, 0.3) is 0 Å². The average molecular weight is 296 g/mol. The Bertz CT molecular complexity index is 304. The molecule has 0 saturated carbocycles. The maximum Gasteiger partial charge on any atom is 0.522 e.